The van der Waals surface area contributed by atoms with Crippen molar-refractivity contribution in [2.45, 2.75) is 44.8 Å². The third kappa shape index (κ3) is 3.89. The molecule has 2 aromatic rings. The Labute approximate surface area is 157 Å². The lowest BCUT2D eigenvalue weighted by atomic mass is 10.1. The lowest BCUT2D eigenvalue weighted by Gasteiger charge is -2.39. The lowest BCUT2D eigenvalue weighted by Crippen LogP contribution is -2.56. The molecule has 0 radical (unpaired) electrons. The van der Waals surface area contributed by atoms with Crippen molar-refractivity contribution in [1.29, 1.82) is 0 Å². The largest absolute Gasteiger partial charge is 0.486 e. The van der Waals surface area contributed by atoms with Gasteiger partial charge in [-0.15, -0.1) is 0 Å². The van der Waals surface area contributed by atoms with E-state index in [0.29, 0.717) is 36.9 Å². The maximum absolute atomic E-state index is 13.6. The van der Waals surface area contributed by atoms with E-state index in [0.717, 1.165) is 18.5 Å². The second-order valence-electron chi connectivity index (χ2n) is 7.40. The van der Waals surface area contributed by atoms with E-state index in [-0.39, 0.29) is 29.8 Å². The number of hydrogen-bond acceptors (Lipinski definition) is 3. The van der Waals surface area contributed by atoms with Crippen molar-refractivity contribution in [3.8, 4) is 5.75 Å². The summed E-state index contributed by atoms with van der Waals surface area (Å²) < 4.78 is 21.3. The molecule has 27 heavy (non-hydrogen) atoms. The molecule has 0 atom stereocenters. The monoisotopic (exact) mass is 370 g/mol. The fraction of sp³-hybridized carbons (Fsp3) is 0.429. The number of nitrogens with zero attached hydrogens (tertiary/aromatic N) is 2. The molecule has 142 valence electrons. The van der Waals surface area contributed by atoms with Gasteiger partial charge in [-0.1, -0.05) is 18.2 Å². The normalized spacial score (nSPS) is 16.9. The molecule has 1 aromatic carbocycles. The summed E-state index contributed by atoms with van der Waals surface area (Å²) in [5, 5.41) is 0. The number of rotatable bonds is 6. The molecule has 1 aromatic heterocycles. The summed E-state index contributed by atoms with van der Waals surface area (Å²) in [7, 11) is 0. The van der Waals surface area contributed by atoms with Crippen LogP contribution in [0.3, 0.4) is 0 Å². The van der Waals surface area contributed by atoms with Gasteiger partial charge in [0.15, 0.2) is 0 Å². The van der Waals surface area contributed by atoms with E-state index >= 15 is 0 Å². The second kappa shape index (κ2) is 7.18. The third-order valence-corrected chi connectivity index (χ3v) is 5.22. The third-order valence-electron chi connectivity index (χ3n) is 5.22. The van der Waals surface area contributed by atoms with E-state index < -0.39 is 0 Å². The molecule has 2 aliphatic rings. The summed E-state index contributed by atoms with van der Waals surface area (Å²) in [5.74, 6) is 0.294. The molecule has 1 amide bonds. The predicted molar refractivity (Wildman–Crippen MR) is 99.4 cm³/mol. The molecule has 0 unspecified atom stereocenters. The van der Waals surface area contributed by atoms with E-state index in [9.17, 15) is 14.0 Å². The van der Waals surface area contributed by atoms with Gasteiger partial charge < -0.3 is 14.2 Å². The summed E-state index contributed by atoms with van der Waals surface area (Å²) in [5.41, 5.74) is 1.45. The summed E-state index contributed by atoms with van der Waals surface area (Å²) in [6.07, 6.45) is 2.70. The highest BCUT2D eigenvalue weighted by atomic mass is 19.1. The highest BCUT2D eigenvalue weighted by Crippen LogP contribution is 2.35. The van der Waals surface area contributed by atoms with Gasteiger partial charge in [0.25, 0.3) is 5.56 Å². The van der Waals surface area contributed by atoms with Gasteiger partial charge in [-0.05, 0) is 43.9 Å². The molecule has 4 rings (SSSR count). The molecule has 1 saturated heterocycles. The zero-order valence-electron chi connectivity index (χ0n) is 15.4. The molecular formula is C21H23FN2O3. The van der Waals surface area contributed by atoms with E-state index in [1.54, 1.807) is 23.1 Å². The molecule has 0 spiro atoms. The van der Waals surface area contributed by atoms with Gasteiger partial charge in [-0.25, -0.2) is 4.39 Å². The van der Waals surface area contributed by atoms with Gasteiger partial charge in [0.2, 0.25) is 5.91 Å². The number of amides is 1. The van der Waals surface area contributed by atoms with Gasteiger partial charge >= 0.3 is 0 Å². The van der Waals surface area contributed by atoms with Crippen molar-refractivity contribution < 1.29 is 13.9 Å². The quantitative estimate of drug-likeness (QED) is 0.786. The number of carbonyl (C=O) groups is 1. The number of benzene rings is 1. The van der Waals surface area contributed by atoms with Crippen LogP contribution < -0.4 is 10.3 Å². The van der Waals surface area contributed by atoms with E-state index in [4.69, 9.17) is 4.74 Å². The first kappa shape index (κ1) is 17.8. The van der Waals surface area contributed by atoms with Crippen LogP contribution in [-0.2, 0) is 11.2 Å². The van der Waals surface area contributed by atoms with Gasteiger partial charge in [0.1, 0.15) is 17.7 Å². The average Bonchev–Trinajstić information content (AvgIpc) is 3.41. The highest BCUT2D eigenvalue weighted by Gasteiger charge is 2.32. The molecule has 2 heterocycles. The Bertz CT molecular complexity index is 914. The topological polar surface area (TPSA) is 51.5 Å². The Kier molecular flexibility index (Phi) is 4.72. The minimum atomic E-state index is -0.272. The predicted octanol–water partition coefficient (Wildman–Crippen LogP) is 2.85. The van der Waals surface area contributed by atoms with Crippen molar-refractivity contribution in [2.24, 2.45) is 0 Å². The molecule has 1 saturated carbocycles. The Morgan fingerprint density at radius 3 is 2.63 bits per heavy atom. The number of carbonyl (C=O) groups excluding carboxylic acids is 1. The number of aromatic nitrogens is 1. The van der Waals surface area contributed by atoms with Gasteiger partial charge in [-0.3, -0.25) is 9.59 Å². The maximum Gasteiger partial charge on any atom is 0.254 e. The summed E-state index contributed by atoms with van der Waals surface area (Å²) >= 11 is 0. The van der Waals surface area contributed by atoms with Crippen molar-refractivity contribution in [2.75, 3.05) is 13.1 Å². The number of pyridine rings is 1. The van der Waals surface area contributed by atoms with E-state index in [1.807, 2.05) is 17.6 Å². The van der Waals surface area contributed by atoms with Crippen molar-refractivity contribution in [3.05, 3.63) is 63.8 Å². The molecule has 1 aliphatic carbocycles. The average molecular weight is 370 g/mol. The van der Waals surface area contributed by atoms with Crippen LogP contribution in [0.5, 0.6) is 5.75 Å². The smallest absolute Gasteiger partial charge is 0.254 e. The summed E-state index contributed by atoms with van der Waals surface area (Å²) in [4.78, 5) is 26.2. The standard InChI is InChI=1S/C21H23FN2O3/c1-14-10-17(11-21(26)24(14)16-7-8-16)27-18-12-23(13-18)20(25)9-6-15-4-2-3-5-19(15)22/h2-5,10-11,16,18H,6-9,12-13H2,1H3. The first-order valence-corrected chi connectivity index (χ1v) is 9.42. The molecule has 0 N–H and O–H groups in total. The minimum Gasteiger partial charge on any atom is -0.486 e. The number of aryl methyl sites for hydroxylation is 2. The zero-order valence-corrected chi connectivity index (χ0v) is 15.4. The first-order chi connectivity index (χ1) is 13.0. The van der Waals surface area contributed by atoms with Crippen LogP contribution in [0.15, 0.2) is 41.2 Å². The van der Waals surface area contributed by atoms with Gasteiger partial charge in [0, 0.05) is 24.2 Å². The minimum absolute atomic E-state index is 0.00145. The van der Waals surface area contributed by atoms with Crippen LogP contribution in [0.1, 0.15) is 36.6 Å². The van der Waals surface area contributed by atoms with Crippen LogP contribution in [0.2, 0.25) is 0 Å². The molecule has 6 heteroatoms. The van der Waals surface area contributed by atoms with Crippen LogP contribution in [0, 0.1) is 12.7 Å². The van der Waals surface area contributed by atoms with Gasteiger partial charge in [0.05, 0.1) is 13.1 Å². The summed E-state index contributed by atoms with van der Waals surface area (Å²) in [6.45, 7) is 2.92. The van der Waals surface area contributed by atoms with Crippen molar-refractivity contribution in [3.63, 3.8) is 0 Å². The summed E-state index contributed by atoms with van der Waals surface area (Å²) in [6, 6.07) is 10.3. The fourth-order valence-electron chi connectivity index (χ4n) is 3.56. The van der Waals surface area contributed by atoms with Crippen LogP contribution in [0.4, 0.5) is 4.39 Å². The number of halogens is 1. The zero-order chi connectivity index (χ0) is 19.0. The number of ether oxygens (including phenoxy) is 1. The van der Waals surface area contributed by atoms with Crippen LogP contribution in [-0.4, -0.2) is 34.6 Å². The van der Waals surface area contributed by atoms with Crippen LogP contribution >= 0.6 is 0 Å². The number of likely N-dealkylation sites (tertiary alicyclic amines) is 1. The maximum atomic E-state index is 13.6. The Morgan fingerprint density at radius 2 is 1.96 bits per heavy atom. The number of hydrogen-bond donors (Lipinski definition) is 0. The van der Waals surface area contributed by atoms with Crippen molar-refractivity contribution >= 4 is 5.91 Å². The van der Waals surface area contributed by atoms with E-state index in [1.165, 1.54) is 12.1 Å². The lowest BCUT2D eigenvalue weighted by molar-refractivity contribution is -0.139. The molecular weight excluding hydrogens is 347 g/mol. The van der Waals surface area contributed by atoms with E-state index in [2.05, 4.69) is 0 Å². The SMILES string of the molecule is Cc1cc(OC2CN(C(=O)CCc3ccccc3F)C2)cc(=O)n1C1CC1. The Hall–Kier alpha value is -2.63. The Balaban J connectivity index is 1.28. The van der Waals surface area contributed by atoms with Crippen molar-refractivity contribution in [1.82, 2.24) is 9.47 Å². The molecule has 1 aliphatic heterocycles. The first-order valence-electron chi connectivity index (χ1n) is 9.42. The van der Waals surface area contributed by atoms with Gasteiger partial charge in [-0.2, -0.15) is 0 Å². The molecule has 5 nitrogen and oxygen atoms in total. The fourth-order valence-corrected chi connectivity index (χ4v) is 3.56. The van der Waals surface area contributed by atoms with Crippen LogP contribution in [0.25, 0.3) is 0 Å². The second-order valence-corrected chi connectivity index (χ2v) is 7.40. The highest BCUT2D eigenvalue weighted by molar-refractivity contribution is 5.77. The molecule has 0 bridgehead atoms. The molecule has 2 fully saturated rings. The Morgan fingerprint density at radius 1 is 1.22 bits per heavy atom.